The van der Waals surface area contributed by atoms with Gasteiger partial charge in [-0.15, -0.1) is 0 Å². The lowest BCUT2D eigenvalue weighted by Gasteiger charge is -2.15. The largest absolute Gasteiger partial charge is 0.270 e. The van der Waals surface area contributed by atoms with Gasteiger partial charge in [-0.3, -0.25) is 9.69 Å². The standard InChI is InChI=1S/C19H13Cl2NOS2/c1-12(7-13-5-3-2-4-6-13)8-17-18(23)22(19(24)25-17)16-10-14(20)9-15(21)11-16/h2-11H,1H3. The number of nitrogens with zero attached hydrogens (tertiary/aromatic N) is 1. The lowest BCUT2D eigenvalue weighted by atomic mass is 10.1. The van der Waals surface area contributed by atoms with Crippen molar-refractivity contribution in [3.05, 3.63) is 80.7 Å². The molecular formula is C19H13Cl2NOS2. The lowest BCUT2D eigenvalue weighted by molar-refractivity contribution is -0.113. The number of hydrogen-bond donors (Lipinski definition) is 0. The molecule has 3 rings (SSSR count). The van der Waals surface area contributed by atoms with Crippen LogP contribution in [0.25, 0.3) is 6.08 Å². The van der Waals surface area contributed by atoms with E-state index in [0.717, 1.165) is 11.1 Å². The summed E-state index contributed by atoms with van der Waals surface area (Å²) in [5, 5.41) is 0.918. The number of hydrogen-bond acceptors (Lipinski definition) is 3. The molecule has 25 heavy (non-hydrogen) atoms. The first-order chi connectivity index (χ1) is 11.9. The monoisotopic (exact) mass is 405 g/mol. The summed E-state index contributed by atoms with van der Waals surface area (Å²) in [6.45, 7) is 1.95. The second-order valence-electron chi connectivity index (χ2n) is 5.44. The van der Waals surface area contributed by atoms with Crippen LogP contribution >= 0.6 is 47.2 Å². The maximum Gasteiger partial charge on any atom is 0.270 e. The van der Waals surface area contributed by atoms with Crippen molar-refractivity contribution in [3.63, 3.8) is 0 Å². The predicted octanol–water partition coefficient (Wildman–Crippen LogP) is 6.35. The minimum atomic E-state index is -0.172. The van der Waals surface area contributed by atoms with Gasteiger partial charge in [0, 0.05) is 10.0 Å². The molecule has 0 bridgehead atoms. The highest BCUT2D eigenvalue weighted by molar-refractivity contribution is 8.27. The van der Waals surface area contributed by atoms with E-state index in [1.165, 1.54) is 16.7 Å². The molecule has 1 amide bonds. The molecule has 0 spiro atoms. The highest BCUT2D eigenvalue weighted by Crippen LogP contribution is 2.37. The molecule has 0 aliphatic carbocycles. The average molecular weight is 406 g/mol. The first-order valence-corrected chi connectivity index (χ1v) is 9.39. The van der Waals surface area contributed by atoms with Crippen molar-refractivity contribution in [1.82, 2.24) is 0 Å². The van der Waals surface area contributed by atoms with Crippen LogP contribution in [-0.4, -0.2) is 10.2 Å². The number of halogens is 2. The third kappa shape index (κ3) is 4.33. The van der Waals surface area contributed by atoms with E-state index in [0.29, 0.717) is 25.0 Å². The molecule has 0 aromatic heterocycles. The third-order valence-corrected chi connectivity index (χ3v) is 5.19. The van der Waals surface area contributed by atoms with E-state index >= 15 is 0 Å². The molecule has 2 nitrogen and oxygen atoms in total. The van der Waals surface area contributed by atoms with Gasteiger partial charge in [0.2, 0.25) is 0 Å². The van der Waals surface area contributed by atoms with Crippen LogP contribution in [0.5, 0.6) is 0 Å². The maximum atomic E-state index is 12.8. The number of carbonyl (C=O) groups is 1. The summed E-state index contributed by atoms with van der Waals surface area (Å²) in [5.41, 5.74) is 2.62. The average Bonchev–Trinajstić information content (AvgIpc) is 2.81. The van der Waals surface area contributed by atoms with Gasteiger partial charge in [0.25, 0.3) is 5.91 Å². The summed E-state index contributed by atoms with van der Waals surface area (Å²) in [6, 6.07) is 14.9. The second kappa shape index (κ2) is 7.75. The molecular weight excluding hydrogens is 393 g/mol. The molecule has 6 heteroatoms. The maximum absolute atomic E-state index is 12.8. The van der Waals surface area contributed by atoms with Crippen molar-refractivity contribution in [1.29, 1.82) is 0 Å². The first-order valence-electron chi connectivity index (χ1n) is 7.41. The molecule has 0 unspecified atom stereocenters. The smallest absolute Gasteiger partial charge is 0.268 e. The zero-order chi connectivity index (χ0) is 18.0. The van der Waals surface area contributed by atoms with Crippen LogP contribution in [0.4, 0.5) is 5.69 Å². The van der Waals surface area contributed by atoms with Crippen LogP contribution < -0.4 is 4.90 Å². The summed E-state index contributed by atoms with van der Waals surface area (Å²) in [4.78, 5) is 14.8. The van der Waals surface area contributed by atoms with Gasteiger partial charge in [-0.2, -0.15) is 0 Å². The van der Waals surface area contributed by atoms with Crippen LogP contribution in [0, 0.1) is 0 Å². The van der Waals surface area contributed by atoms with Gasteiger partial charge in [0.15, 0.2) is 4.32 Å². The minimum Gasteiger partial charge on any atom is -0.268 e. The SMILES string of the molecule is CC(=Cc1ccccc1)C=C1SC(=S)N(c2cc(Cl)cc(Cl)c2)C1=O. The Morgan fingerprint density at radius 2 is 1.76 bits per heavy atom. The Bertz CT molecular complexity index is 887. The number of carbonyl (C=O) groups excluding carboxylic acids is 1. The molecule has 1 heterocycles. The second-order valence-corrected chi connectivity index (χ2v) is 7.99. The van der Waals surface area contributed by atoms with Gasteiger partial charge in [-0.05, 0) is 42.3 Å². The van der Waals surface area contributed by atoms with E-state index in [9.17, 15) is 4.79 Å². The topological polar surface area (TPSA) is 20.3 Å². The van der Waals surface area contributed by atoms with Gasteiger partial charge in [0.1, 0.15) is 0 Å². The van der Waals surface area contributed by atoms with Crippen molar-refractivity contribution >= 4 is 69.2 Å². The molecule has 0 N–H and O–H groups in total. The Morgan fingerprint density at radius 1 is 1.12 bits per heavy atom. The number of anilines is 1. The fourth-order valence-corrected chi connectivity index (χ4v) is 4.28. The molecule has 0 atom stereocenters. The summed E-state index contributed by atoms with van der Waals surface area (Å²) < 4.78 is 0.460. The number of rotatable bonds is 3. The number of allylic oxidation sites excluding steroid dienone is 2. The van der Waals surface area contributed by atoms with Crippen LogP contribution in [-0.2, 0) is 4.79 Å². The summed E-state index contributed by atoms with van der Waals surface area (Å²) in [6.07, 6.45) is 3.86. The zero-order valence-electron chi connectivity index (χ0n) is 13.2. The minimum absolute atomic E-state index is 0.172. The quantitative estimate of drug-likeness (QED) is 0.438. The Balaban J connectivity index is 1.89. The summed E-state index contributed by atoms with van der Waals surface area (Å²) >= 11 is 18.7. The van der Waals surface area contributed by atoms with Crippen molar-refractivity contribution in [2.45, 2.75) is 6.92 Å². The normalized spacial score (nSPS) is 16.8. The Labute approximate surface area is 166 Å². The molecule has 0 saturated carbocycles. The molecule has 126 valence electrons. The van der Waals surface area contributed by atoms with E-state index in [1.54, 1.807) is 18.2 Å². The molecule has 0 radical (unpaired) electrons. The van der Waals surface area contributed by atoms with E-state index in [4.69, 9.17) is 35.4 Å². The van der Waals surface area contributed by atoms with Gasteiger partial charge in [0.05, 0.1) is 10.6 Å². The number of thioether (sulfide) groups is 1. The lowest BCUT2D eigenvalue weighted by Crippen LogP contribution is -2.27. The fourth-order valence-electron chi connectivity index (χ4n) is 2.42. The molecule has 2 aromatic carbocycles. The van der Waals surface area contributed by atoms with Crippen molar-refractivity contribution in [3.8, 4) is 0 Å². The van der Waals surface area contributed by atoms with E-state index < -0.39 is 0 Å². The molecule has 1 aliphatic heterocycles. The molecule has 2 aromatic rings. The molecule has 1 saturated heterocycles. The van der Waals surface area contributed by atoms with Crippen LogP contribution in [0.2, 0.25) is 10.0 Å². The zero-order valence-corrected chi connectivity index (χ0v) is 16.3. The summed E-state index contributed by atoms with van der Waals surface area (Å²) in [5.74, 6) is -0.172. The van der Waals surface area contributed by atoms with Crippen LogP contribution in [0.3, 0.4) is 0 Å². The van der Waals surface area contributed by atoms with E-state index in [1.807, 2.05) is 49.4 Å². The number of amides is 1. The summed E-state index contributed by atoms with van der Waals surface area (Å²) in [7, 11) is 0. The van der Waals surface area contributed by atoms with Gasteiger partial charge < -0.3 is 0 Å². The van der Waals surface area contributed by atoms with Crippen molar-refractivity contribution in [2.24, 2.45) is 0 Å². The Hall–Kier alpha value is -1.59. The van der Waals surface area contributed by atoms with Crippen molar-refractivity contribution < 1.29 is 4.79 Å². The number of thiocarbonyl (C=S) groups is 1. The van der Waals surface area contributed by atoms with Crippen molar-refractivity contribution in [2.75, 3.05) is 4.90 Å². The van der Waals surface area contributed by atoms with E-state index in [2.05, 4.69) is 0 Å². The number of benzene rings is 2. The van der Waals surface area contributed by atoms with Gasteiger partial charge in [-0.1, -0.05) is 83.6 Å². The first kappa shape index (κ1) is 18.2. The molecule has 1 aliphatic rings. The Kier molecular flexibility index (Phi) is 5.64. The van der Waals surface area contributed by atoms with E-state index in [-0.39, 0.29) is 5.91 Å². The third-order valence-electron chi connectivity index (χ3n) is 3.45. The predicted molar refractivity (Wildman–Crippen MR) is 112 cm³/mol. The highest BCUT2D eigenvalue weighted by atomic mass is 35.5. The van der Waals surface area contributed by atoms with Crippen LogP contribution in [0.1, 0.15) is 12.5 Å². The fraction of sp³-hybridized carbons (Fsp3) is 0.0526. The van der Waals surface area contributed by atoms with Crippen LogP contribution in [0.15, 0.2) is 65.1 Å². The van der Waals surface area contributed by atoms with Gasteiger partial charge >= 0.3 is 0 Å². The highest BCUT2D eigenvalue weighted by Gasteiger charge is 2.33. The molecule has 1 fully saturated rings. The van der Waals surface area contributed by atoms with Gasteiger partial charge in [-0.25, -0.2) is 0 Å². The Morgan fingerprint density at radius 3 is 2.40 bits per heavy atom.